The average Bonchev–Trinajstić information content (AvgIpc) is 2.59. The molecule has 2 aromatic rings. The van der Waals surface area contributed by atoms with Gasteiger partial charge in [0.15, 0.2) is 0 Å². The number of amides is 1. The second kappa shape index (κ2) is 7.90. The molecule has 118 valence electrons. The first-order chi connectivity index (χ1) is 11.2. The van der Waals surface area contributed by atoms with Crippen molar-refractivity contribution in [3.8, 4) is 6.07 Å². The Bertz CT molecular complexity index is 747. The number of unbranched alkanes of at least 4 members (excludes halogenated alkanes) is 1. The summed E-state index contributed by atoms with van der Waals surface area (Å²) in [6, 6.07) is 10.1. The monoisotopic (exact) mass is 311 g/mol. The summed E-state index contributed by atoms with van der Waals surface area (Å²) < 4.78 is 4.72. The predicted octanol–water partition coefficient (Wildman–Crippen LogP) is 2.20. The van der Waals surface area contributed by atoms with E-state index in [1.54, 1.807) is 18.3 Å². The first kappa shape index (κ1) is 16.4. The van der Waals surface area contributed by atoms with Gasteiger partial charge in [-0.05, 0) is 25.0 Å². The van der Waals surface area contributed by atoms with Crippen molar-refractivity contribution >= 4 is 22.8 Å². The molecule has 0 aliphatic heterocycles. The molecule has 1 N–H and O–H groups in total. The average molecular weight is 311 g/mol. The molecular weight excluding hydrogens is 294 g/mol. The fraction of sp³-hybridized carbons (Fsp3) is 0.294. The summed E-state index contributed by atoms with van der Waals surface area (Å²) in [5, 5.41) is 12.0. The van der Waals surface area contributed by atoms with Gasteiger partial charge in [0, 0.05) is 18.0 Å². The van der Waals surface area contributed by atoms with E-state index in [9.17, 15) is 9.59 Å². The van der Waals surface area contributed by atoms with Crippen LogP contribution < -0.4 is 5.32 Å². The van der Waals surface area contributed by atoms with Crippen LogP contribution in [0.5, 0.6) is 0 Å². The van der Waals surface area contributed by atoms with Crippen molar-refractivity contribution in [1.29, 1.82) is 5.26 Å². The molecule has 6 heteroatoms. The van der Waals surface area contributed by atoms with E-state index < -0.39 is 12.0 Å². The summed E-state index contributed by atoms with van der Waals surface area (Å²) in [6.45, 7) is 0. The topological polar surface area (TPSA) is 92.1 Å². The normalized spacial score (nSPS) is 11.5. The summed E-state index contributed by atoms with van der Waals surface area (Å²) in [4.78, 5) is 28.5. The number of aromatic nitrogens is 1. The number of methoxy groups -OCH3 is 1. The second-order valence-electron chi connectivity index (χ2n) is 4.98. The highest BCUT2D eigenvalue weighted by Gasteiger charge is 2.22. The molecule has 0 aliphatic rings. The van der Waals surface area contributed by atoms with Gasteiger partial charge in [-0.2, -0.15) is 5.26 Å². The van der Waals surface area contributed by atoms with E-state index in [-0.39, 0.29) is 5.91 Å². The molecule has 0 radical (unpaired) electrons. The molecule has 1 amide bonds. The van der Waals surface area contributed by atoms with Crippen LogP contribution in [-0.2, 0) is 9.53 Å². The SMILES string of the molecule is COC(=O)[C@H](CCCC#N)NC(=O)c1ccnc2ccccc12. The van der Waals surface area contributed by atoms with Crippen molar-refractivity contribution in [1.82, 2.24) is 10.3 Å². The zero-order valence-electron chi connectivity index (χ0n) is 12.8. The summed E-state index contributed by atoms with van der Waals surface area (Å²) in [5.41, 5.74) is 1.16. The number of carbonyl (C=O) groups is 2. The van der Waals surface area contributed by atoms with E-state index in [0.29, 0.717) is 35.7 Å². The molecule has 0 spiro atoms. The van der Waals surface area contributed by atoms with Crippen molar-refractivity contribution in [3.63, 3.8) is 0 Å². The van der Waals surface area contributed by atoms with E-state index in [1.807, 2.05) is 24.3 Å². The van der Waals surface area contributed by atoms with Crippen LogP contribution in [0.25, 0.3) is 10.9 Å². The largest absolute Gasteiger partial charge is 0.467 e. The number of pyridine rings is 1. The van der Waals surface area contributed by atoms with E-state index in [4.69, 9.17) is 10.00 Å². The number of ether oxygens (including phenoxy) is 1. The number of para-hydroxylation sites is 1. The van der Waals surface area contributed by atoms with Crippen molar-refractivity contribution in [2.75, 3.05) is 7.11 Å². The third-order valence-electron chi connectivity index (χ3n) is 3.47. The number of carbonyl (C=O) groups excluding carboxylic acids is 2. The van der Waals surface area contributed by atoms with Crippen LogP contribution >= 0.6 is 0 Å². The highest BCUT2D eigenvalue weighted by Crippen LogP contribution is 2.16. The van der Waals surface area contributed by atoms with Crippen LogP contribution in [0, 0.1) is 11.3 Å². The van der Waals surface area contributed by atoms with E-state index >= 15 is 0 Å². The highest BCUT2D eigenvalue weighted by atomic mass is 16.5. The molecule has 1 aromatic carbocycles. The standard InChI is InChI=1S/C17H17N3O3/c1-23-17(22)15(8-4-5-10-18)20-16(21)13-9-11-19-14-7-3-2-6-12(13)14/h2-3,6-7,9,11,15H,4-5,8H2,1H3,(H,20,21)/t15-/m0/s1. The van der Waals surface area contributed by atoms with Gasteiger partial charge in [0.2, 0.25) is 0 Å². The minimum absolute atomic E-state index is 0.321. The maximum atomic E-state index is 12.5. The number of benzene rings is 1. The van der Waals surface area contributed by atoms with Crippen LogP contribution in [0.1, 0.15) is 29.6 Å². The number of nitrogens with one attached hydrogen (secondary N) is 1. The molecule has 0 fully saturated rings. The number of hydrogen-bond donors (Lipinski definition) is 1. The lowest BCUT2D eigenvalue weighted by molar-refractivity contribution is -0.143. The van der Waals surface area contributed by atoms with Crippen LogP contribution in [0.2, 0.25) is 0 Å². The van der Waals surface area contributed by atoms with Gasteiger partial charge in [0.25, 0.3) is 5.91 Å². The van der Waals surface area contributed by atoms with Crippen molar-refractivity contribution in [2.24, 2.45) is 0 Å². The summed E-state index contributed by atoms with van der Waals surface area (Å²) >= 11 is 0. The lowest BCUT2D eigenvalue weighted by Crippen LogP contribution is -2.41. The Kier molecular flexibility index (Phi) is 5.64. The minimum Gasteiger partial charge on any atom is -0.467 e. The van der Waals surface area contributed by atoms with Gasteiger partial charge < -0.3 is 10.1 Å². The lowest BCUT2D eigenvalue weighted by atomic mass is 10.1. The Morgan fingerprint density at radius 3 is 2.87 bits per heavy atom. The Morgan fingerprint density at radius 2 is 2.13 bits per heavy atom. The summed E-state index contributed by atoms with van der Waals surface area (Å²) in [7, 11) is 1.27. The van der Waals surface area contributed by atoms with Gasteiger partial charge in [-0.15, -0.1) is 0 Å². The first-order valence-corrected chi connectivity index (χ1v) is 7.26. The number of nitriles is 1. The zero-order valence-corrected chi connectivity index (χ0v) is 12.8. The molecule has 1 atom stereocenters. The van der Waals surface area contributed by atoms with Gasteiger partial charge >= 0.3 is 5.97 Å². The molecule has 0 saturated carbocycles. The number of esters is 1. The Morgan fingerprint density at radius 1 is 1.35 bits per heavy atom. The molecule has 1 heterocycles. The van der Waals surface area contributed by atoms with Crippen LogP contribution in [0.3, 0.4) is 0 Å². The number of hydrogen-bond acceptors (Lipinski definition) is 5. The molecule has 1 aromatic heterocycles. The van der Waals surface area contributed by atoms with Gasteiger partial charge in [-0.1, -0.05) is 18.2 Å². The number of fused-ring (bicyclic) bond motifs is 1. The third kappa shape index (κ3) is 4.04. The zero-order chi connectivity index (χ0) is 16.7. The van der Waals surface area contributed by atoms with Gasteiger partial charge in [-0.3, -0.25) is 9.78 Å². The smallest absolute Gasteiger partial charge is 0.328 e. The van der Waals surface area contributed by atoms with Crippen LogP contribution in [0.15, 0.2) is 36.5 Å². The van der Waals surface area contributed by atoms with E-state index in [2.05, 4.69) is 10.3 Å². The number of nitrogens with zero attached hydrogens (tertiary/aromatic N) is 2. The Balaban J connectivity index is 2.20. The van der Waals surface area contributed by atoms with Gasteiger partial charge in [0.05, 0.1) is 24.3 Å². The summed E-state index contributed by atoms with van der Waals surface area (Å²) in [5.74, 6) is -0.884. The maximum absolute atomic E-state index is 12.5. The quantitative estimate of drug-likeness (QED) is 0.652. The molecule has 0 bridgehead atoms. The minimum atomic E-state index is -0.771. The van der Waals surface area contributed by atoms with Crippen molar-refractivity contribution < 1.29 is 14.3 Å². The van der Waals surface area contributed by atoms with Crippen molar-refractivity contribution in [2.45, 2.75) is 25.3 Å². The fourth-order valence-corrected chi connectivity index (χ4v) is 2.31. The molecule has 23 heavy (non-hydrogen) atoms. The predicted molar refractivity (Wildman–Crippen MR) is 84.5 cm³/mol. The molecule has 0 unspecified atom stereocenters. The molecule has 0 aliphatic carbocycles. The van der Waals surface area contributed by atoms with E-state index in [1.165, 1.54) is 7.11 Å². The van der Waals surface area contributed by atoms with Crippen molar-refractivity contribution in [3.05, 3.63) is 42.1 Å². The molecule has 6 nitrogen and oxygen atoms in total. The Hall–Kier alpha value is -2.94. The summed E-state index contributed by atoms with van der Waals surface area (Å²) in [6.07, 6.45) is 2.74. The van der Waals surface area contributed by atoms with Gasteiger partial charge in [-0.25, -0.2) is 4.79 Å². The lowest BCUT2D eigenvalue weighted by Gasteiger charge is -2.16. The maximum Gasteiger partial charge on any atom is 0.328 e. The highest BCUT2D eigenvalue weighted by molar-refractivity contribution is 6.07. The fourth-order valence-electron chi connectivity index (χ4n) is 2.31. The Labute approximate surface area is 134 Å². The second-order valence-corrected chi connectivity index (χ2v) is 4.98. The molecular formula is C17H17N3O3. The van der Waals surface area contributed by atoms with E-state index in [0.717, 1.165) is 0 Å². The van der Waals surface area contributed by atoms with Crippen LogP contribution in [-0.4, -0.2) is 30.0 Å². The van der Waals surface area contributed by atoms with Crippen LogP contribution in [0.4, 0.5) is 0 Å². The third-order valence-corrected chi connectivity index (χ3v) is 3.47. The molecule has 2 rings (SSSR count). The van der Waals surface area contributed by atoms with Gasteiger partial charge in [0.1, 0.15) is 6.04 Å². The number of rotatable bonds is 6. The first-order valence-electron chi connectivity index (χ1n) is 7.26. The molecule has 0 saturated heterocycles.